The minimum Gasteiger partial charge on any atom is -0.477 e. The summed E-state index contributed by atoms with van der Waals surface area (Å²) in [5, 5.41) is 8.64. The topological polar surface area (TPSA) is 83.6 Å². The number of carbonyl (C=O) groups is 2. The summed E-state index contributed by atoms with van der Waals surface area (Å²) in [6, 6.07) is -0.610. The molecule has 12 heavy (non-hydrogen) atoms. The summed E-state index contributed by atoms with van der Waals surface area (Å²) in [4.78, 5) is 22.9. The molecule has 0 aliphatic carbocycles. The van der Waals surface area contributed by atoms with Crippen LogP contribution in [0.3, 0.4) is 0 Å². The molecule has 2 aliphatic rings. The Balaban J connectivity index is 2.23. The molecule has 1 fully saturated rings. The third kappa shape index (κ3) is 0.660. The van der Waals surface area contributed by atoms with E-state index >= 15 is 0 Å². The van der Waals surface area contributed by atoms with Gasteiger partial charge in [0.05, 0.1) is 6.04 Å². The molecule has 2 heterocycles. The molecule has 0 spiro atoms. The molecular formula is C7H8N2O3. The zero-order chi connectivity index (χ0) is 8.88. The fourth-order valence-electron chi connectivity index (χ4n) is 1.64. The highest BCUT2D eigenvalue weighted by Crippen LogP contribution is 2.32. The predicted octanol–water partition coefficient (Wildman–Crippen LogP) is -1.10. The molecule has 0 aromatic rings. The Morgan fingerprint density at radius 1 is 1.75 bits per heavy atom. The number of carboxylic acids is 1. The molecule has 64 valence electrons. The van der Waals surface area contributed by atoms with E-state index in [9.17, 15) is 9.59 Å². The van der Waals surface area contributed by atoms with Gasteiger partial charge >= 0.3 is 5.97 Å². The number of amides is 1. The number of rotatable bonds is 1. The fourth-order valence-corrected chi connectivity index (χ4v) is 1.64. The van der Waals surface area contributed by atoms with Gasteiger partial charge in [0.1, 0.15) is 11.7 Å². The van der Waals surface area contributed by atoms with Gasteiger partial charge in [0.2, 0.25) is 5.91 Å². The average Bonchev–Trinajstić information content (AvgIpc) is 2.43. The van der Waals surface area contributed by atoms with Crippen molar-refractivity contribution in [1.82, 2.24) is 4.90 Å². The smallest absolute Gasteiger partial charge is 0.352 e. The normalized spacial score (nSPS) is 32.6. The molecule has 1 unspecified atom stereocenters. The van der Waals surface area contributed by atoms with E-state index < -0.39 is 12.0 Å². The van der Waals surface area contributed by atoms with Crippen molar-refractivity contribution in [2.45, 2.75) is 18.5 Å². The van der Waals surface area contributed by atoms with E-state index in [4.69, 9.17) is 10.8 Å². The van der Waals surface area contributed by atoms with Crippen LogP contribution in [0.25, 0.3) is 0 Å². The van der Waals surface area contributed by atoms with Gasteiger partial charge in [-0.1, -0.05) is 6.08 Å². The van der Waals surface area contributed by atoms with Gasteiger partial charge in [0, 0.05) is 0 Å². The maximum absolute atomic E-state index is 11.1. The van der Waals surface area contributed by atoms with Crippen LogP contribution in [0.4, 0.5) is 0 Å². The van der Waals surface area contributed by atoms with Gasteiger partial charge in [0.15, 0.2) is 0 Å². The number of hydrogen-bond acceptors (Lipinski definition) is 3. The summed E-state index contributed by atoms with van der Waals surface area (Å²) in [5.41, 5.74) is 5.53. The molecule has 1 saturated heterocycles. The van der Waals surface area contributed by atoms with Gasteiger partial charge in [0.25, 0.3) is 0 Å². The highest BCUT2D eigenvalue weighted by atomic mass is 16.4. The van der Waals surface area contributed by atoms with Crippen LogP contribution in [0.5, 0.6) is 0 Å². The lowest BCUT2D eigenvalue weighted by atomic mass is 9.97. The number of nitrogens with two attached hydrogens (primary N) is 1. The zero-order valence-corrected chi connectivity index (χ0v) is 6.23. The van der Waals surface area contributed by atoms with Gasteiger partial charge in [-0.3, -0.25) is 9.69 Å². The van der Waals surface area contributed by atoms with Crippen molar-refractivity contribution in [3.8, 4) is 0 Å². The van der Waals surface area contributed by atoms with E-state index in [1.807, 2.05) is 0 Å². The average molecular weight is 168 g/mol. The minimum atomic E-state index is -1.06. The Bertz CT molecular complexity index is 297. The van der Waals surface area contributed by atoms with Crippen LogP contribution in [0.1, 0.15) is 6.42 Å². The lowest BCUT2D eigenvalue weighted by Crippen LogP contribution is -2.66. The molecule has 5 nitrogen and oxygen atoms in total. The van der Waals surface area contributed by atoms with Crippen LogP contribution < -0.4 is 5.73 Å². The molecule has 0 radical (unpaired) electrons. The largest absolute Gasteiger partial charge is 0.477 e. The van der Waals surface area contributed by atoms with Crippen LogP contribution in [-0.4, -0.2) is 34.0 Å². The Kier molecular flexibility index (Phi) is 1.26. The molecule has 0 saturated carbocycles. The number of β-lactam (4-membered cyclic amide) rings is 1. The molecule has 2 atom stereocenters. The first kappa shape index (κ1) is 7.30. The van der Waals surface area contributed by atoms with E-state index in [1.165, 1.54) is 11.0 Å². The van der Waals surface area contributed by atoms with Gasteiger partial charge in [-0.15, -0.1) is 0 Å². The Labute approximate surface area is 68.4 Å². The van der Waals surface area contributed by atoms with Gasteiger partial charge in [-0.25, -0.2) is 4.79 Å². The van der Waals surface area contributed by atoms with Crippen LogP contribution in [0.15, 0.2) is 11.8 Å². The number of fused-ring (bicyclic) bond motifs is 1. The summed E-state index contributed by atoms with van der Waals surface area (Å²) < 4.78 is 0. The first-order chi connectivity index (χ1) is 5.63. The third-order valence-electron chi connectivity index (χ3n) is 2.30. The summed E-state index contributed by atoms with van der Waals surface area (Å²) in [6.45, 7) is 0. The van der Waals surface area contributed by atoms with Crippen LogP contribution in [-0.2, 0) is 9.59 Å². The van der Waals surface area contributed by atoms with E-state index in [0.29, 0.717) is 6.42 Å². The van der Waals surface area contributed by atoms with Crippen molar-refractivity contribution in [2.75, 3.05) is 0 Å². The van der Waals surface area contributed by atoms with Crippen molar-refractivity contribution in [2.24, 2.45) is 5.73 Å². The Morgan fingerprint density at radius 3 is 3.00 bits per heavy atom. The second-order valence-electron chi connectivity index (χ2n) is 2.93. The number of hydrogen-bond donors (Lipinski definition) is 2. The van der Waals surface area contributed by atoms with Gasteiger partial charge in [-0.2, -0.15) is 0 Å². The number of carboxylic acid groups (broad SMARTS) is 1. The van der Waals surface area contributed by atoms with E-state index in [1.54, 1.807) is 0 Å². The van der Waals surface area contributed by atoms with Crippen molar-refractivity contribution in [3.05, 3.63) is 11.8 Å². The van der Waals surface area contributed by atoms with Crippen molar-refractivity contribution >= 4 is 11.9 Å². The summed E-state index contributed by atoms with van der Waals surface area (Å²) in [7, 11) is 0. The highest BCUT2D eigenvalue weighted by Gasteiger charge is 2.50. The third-order valence-corrected chi connectivity index (χ3v) is 2.30. The number of nitrogens with zero attached hydrogens (tertiary/aromatic N) is 1. The monoisotopic (exact) mass is 168 g/mol. The maximum Gasteiger partial charge on any atom is 0.352 e. The first-order valence-electron chi connectivity index (χ1n) is 3.65. The van der Waals surface area contributed by atoms with Crippen molar-refractivity contribution < 1.29 is 14.7 Å². The molecule has 2 aliphatic heterocycles. The number of carbonyl (C=O) groups excluding carboxylic acids is 1. The minimum absolute atomic E-state index is 0.0756. The SMILES string of the molecule is NC1C(=O)N2C(C(=O)O)=CC[C@H]12. The maximum atomic E-state index is 11.1. The second-order valence-corrected chi connectivity index (χ2v) is 2.93. The molecule has 5 heteroatoms. The summed E-state index contributed by atoms with van der Waals surface area (Å²) >= 11 is 0. The second kappa shape index (κ2) is 2.07. The lowest BCUT2D eigenvalue weighted by molar-refractivity contribution is -0.149. The van der Waals surface area contributed by atoms with Gasteiger partial charge < -0.3 is 10.8 Å². The number of aliphatic carboxylic acids is 1. The zero-order valence-electron chi connectivity index (χ0n) is 6.23. The summed E-state index contributed by atoms with van der Waals surface area (Å²) in [5.74, 6) is -1.34. The quantitative estimate of drug-likeness (QED) is 0.486. The molecule has 1 amide bonds. The van der Waals surface area contributed by atoms with E-state index in [-0.39, 0.29) is 17.6 Å². The van der Waals surface area contributed by atoms with Crippen molar-refractivity contribution in [1.29, 1.82) is 0 Å². The van der Waals surface area contributed by atoms with Crippen LogP contribution in [0, 0.1) is 0 Å². The lowest BCUT2D eigenvalue weighted by Gasteiger charge is -2.41. The van der Waals surface area contributed by atoms with Crippen molar-refractivity contribution in [3.63, 3.8) is 0 Å². The standard InChI is InChI=1S/C7H8N2O3/c8-5-3-1-2-4(7(11)12)9(3)6(5)10/h2-3,5H,1,8H2,(H,11,12)/t3-,5?/m1/s1. The predicted molar refractivity (Wildman–Crippen MR) is 38.9 cm³/mol. The molecule has 0 aromatic heterocycles. The molecule has 3 N–H and O–H groups in total. The van der Waals surface area contributed by atoms with Crippen LogP contribution in [0.2, 0.25) is 0 Å². The highest BCUT2D eigenvalue weighted by molar-refractivity contribution is 6.00. The Morgan fingerprint density at radius 2 is 2.42 bits per heavy atom. The van der Waals surface area contributed by atoms with Crippen LogP contribution >= 0.6 is 0 Å². The fraction of sp³-hybridized carbons (Fsp3) is 0.429. The van der Waals surface area contributed by atoms with E-state index in [0.717, 1.165) is 0 Å². The molecule has 0 aromatic carbocycles. The van der Waals surface area contributed by atoms with E-state index in [2.05, 4.69) is 0 Å². The molecule has 0 bridgehead atoms. The summed E-state index contributed by atoms with van der Waals surface area (Å²) in [6.07, 6.45) is 2.10. The first-order valence-corrected chi connectivity index (χ1v) is 3.65. The van der Waals surface area contributed by atoms with Gasteiger partial charge in [-0.05, 0) is 6.42 Å². The molecule has 2 rings (SSSR count). The Hall–Kier alpha value is -1.36. The molecular weight excluding hydrogens is 160 g/mol.